The van der Waals surface area contributed by atoms with E-state index in [1.165, 1.54) is 0 Å². The van der Waals surface area contributed by atoms with Crippen LogP contribution in [0.5, 0.6) is 0 Å². The second kappa shape index (κ2) is 7.43. The summed E-state index contributed by atoms with van der Waals surface area (Å²) in [7, 11) is 0. The number of hydrogen-bond acceptors (Lipinski definition) is 1. The molecule has 0 aromatic heterocycles. The van der Waals surface area contributed by atoms with Gasteiger partial charge in [-0.3, -0.25) is 4.79 Å². The standard InChI is InChI=1S/C14H18ClF2NO/c1-3-9(4-2)12(15)8-18-14(19)11-7-10(16)5-6-13(11)17/h5-7,9,12H,3-4,8H2,1-2H3,(H,18,19). The van der Waals surface area contributed by atoms with Crippen LogP contribution >= 0.6 is 11.6 Å². The smallest absolute Gasteiger partial charge is 0.254 e. The summed E-state index contributed by atoms with van der Waals surface area (Å²) in [5.41, 5.74) is -0.298. The van der Waals surface area contributed by atoms with Gasteiger partial charge in [-0.05, 0) is 24.1 Å². The fourth-order valence-electron chi connectivity index (χ4n) is 1.92. The zero-order valence-corrected chi connectivity index (χ0v) is 11.8. The van der Waals surface area contributed by atoms with E-state index in [9.17, 15) is 13.6 Å². The van der Waals surface area contributed by atoms with Crippen molar-refractivity contribution in [2.45, 2.75) is 32.1 Å². The zero-order valence-electron chi connectivity index (χ0n) is 11.1. The molecule has 19 heavy (non-hydrogen) atoms. The number of carbonyl (C=O) groups is 1. The minimum Gasteiger partial charge on any atom is -0.350 e. The van der Waals surface area contributed by atoms with Gasteiger partial charge in [0, 0.05) is 6.54 Å². The molecular formula is C14H18ClF2NO. The number of alkyl halides is 1. The summed E-state index contributed by atoms with van der Waals surface area (Å²) in [4.78, 5) is 11.7. The van der Waals surface area contributed by atoms with Crippen molar-refractivity contribution in [2.24, 2.45) is 5.92 Å². The topological polar surface area (TPSA) is 29.1 Å². The van der Waals surface area contributed by atoms with Crippen molar-refractivity contribution < 1.29 is 13.6 Å². The zero-order chi connectivity index (χ0) is 14.4. The van der Waals surface area contributed by atoms with Gasteiger partial charge >= 0.3 is 0 Å². The van der Waals surface area contributed by atoms with Gasteiger partial charge in [0.25, 0.3) is 5.91 Å². The lowest BCUT2D eigenvalue weighted by Crippen LogP contribution is -2.33. The fraction of sp³-hybridized carbons (Fsp3) is 0.500. The van der Waals surface area contributed by atoms with E-state index in [1.54, 1.807) is 0 Å². The maximum atomic E-state index is 13.4. The molecule has 0 saturated heterocycles. The third-order valence-corrected chi connectivity index (χ3v) is 3.70. The molecule has 1 amide bonds. The Kier molecular flexibility index (Phi) is 6.22. The number of benzene rings is 1. The van der Waals surface area contributed by atoms with Crippen LogP contribution in [-0.2, 0) is 0 Å². The molecule has 5 heteroatoms. The molecule has 1 atom stereocenters. The lowest BCUT2D eigenvalue weighted by molar-refractivity contribution is 0.0947. The Hall–Kier alpha value is -1.16. The van der Waals surface area contributed by atoms with Gasteiger partial charge < -0.3 is 5.32 Å². The lowest BCUT2D eigenvalue weighted by atomic mass is 9.99. The number of hydrogen-bond donors (Lipinski definition) is 1. The van der Waals surface area contributed by atoms with E-state index in [4.69, 9.17) is 11.6 Å². The summed E-state index contributed by atoms with van der Waals surface area (Å²) in [6, 6.07) is 2.79. The van der Waals surface area contributed by atoms with E-state index in [2.05, 4.69) is 5.32 Å². The summed E-state index contributed by atoms with van der Waals surface area (Å²) in [5.74, 6) is -1.74. The van der Waals surface area contributed by atoms with Crippen LogP contribution in [0, 0.1) is 17.6 Å². The highest BCUT2D eigenvalue weighted by Gasteiger charge is 2.18. The molecule has 0 aliphatic rings. The average Bonchev–Trinajstić information content (AvgIpc) is 2.40. The first-order valence-electron chi connectivity index (χ1n) is 6.36. The van der Waals surface area contributed by atoms with Crippen LogP contribution in [0.1, 0.15) is 37.0 Å². The van der Waals surface area contributed by atoms with Crippen molar-refractivity contribution in [1.82, 2.24) is 5.32 Å². The molecule has 0 saturated carbocycles. The highest BCUT2D eigenvalue weighted by atomic mass is 35.5. The Balaban J connectivity index is 2.63. The Morgan fingerprint density at radius 2 is 1.95 bits per heavy atom. The normalized spacial score (nSPS) is 12.5. The van der Waals surface area contributed by atoms with Gasteiger partial charge in [0.15, 0.2) is 0 Å². The quantitative estimate of drug-likeness (QED) is 0.794. The van der Waals surface area contributed by atoms with Gasteiger partial charge in [-0.2, -0.15) is 0 Å². The molecule has 0 spiro atoms. The van der Waals surface area contributed by atoms with Crippen molar-refractivity contribution in [3.05, 3.63) is 35.4 Å². The summed E-state index contributed by atoms with van der Waals surface area (Å²) in [5, 5.41) is 2.33. The van der Waals surface area contributed by atoms with Crippen molar-refractivity contribution in [3.8, 4) is 0 Å². The molecule has 0 heterocycles. The van der Waals surface area contributed by atoms with E-state index in [1.807, 2.05) is 13.8 Å². The summed E-state index contributed by atoms with van der Waals surface area (Å²) in [6.07, 6.45) is 1.82. The molecule has 0 aliphatic carbocycles. The Morgan fingerprint density at radius 1 is 1.32 bits per heavy atom. The molecule has 2 nitrogen and oxygen atoms in total. The van der Waals surface area contributed by atoms with Crippen molar-refractivity contribution >= 4 is 17.5 Å². The Morgan fingerprint density at radius 3 is 2.53 bits per heavy atom. The predicted octanol–water partition coefficient (Wildman–Crippen LogP) is 3.74. The van der Waals surface area contributed by atoms with Crippen molar-refractivity contribution in [3.63, 3.8) is 0 Å². The molecule has 0 radical (unpaired) electrons. The van der Waals surface area contributed by atoms with E-state index >= 15 is 0 Å². The Bertz CT molecular complexity index is 435. The van der Waals surface area contributed by atoms with Crippen LogP contribution in [0.15, 0.2) is 18.2 Å². The van der Waals surface area contributed by atoms with Gasteiger partial charge in [-0.1, -0.05) is 26.7 Å². The molecule has 0 bridgehead atoms. The summed E-state index contributed by atoms with van der Waals surface area (Å²) < 4.78 is 26.3. The molecular weight excluding hydrogens is 272 g/mol. The molecule has 1 aromatic carbocycles. The number of amides is 1. The van der Waals surface area contributed by atoms with Gasteiger partial charge in [0.1, 0.15) is 11.6 Å². The first-order valence-corrected chi connectivity index (χ1v) is 6.80. The first kappa shape index (κ1) is 15.9. The van der Waals surface area contributed by atoms with Crippen molar-refractivity contribution in [1.29, 1.82) is 0 Å². The van der Waals surface area contributed by atoms with E-state index in [0.29, 0.717) is 5.92 Å². The number of halogens is 3. The van der Waals surface area contributed by atoms with Gasteiger partial charge in [-0.15, -0.1) is 11.6 Å². The monoisotopic (exact) mass is 289 g/mol. The first-order chi connectivity index (χ1) is 8.99. The highest BCUT2D eigenvalue weighted by molar-refractivity contribution is 6.21. The third-order valence-electron chi connectivity index (χ3n) is 3.19. The second-order valence-corrected chi connectivity index (χ2v) is 4.99. The maximum Gasteiger partial charge on any atom is 0.254 e. The van der Waals surface area contributed by atoms with Crippen LogP contribution in [0.3, 0.4) is 0 Å². The fourth-order valence-corrected chi connectivity index (χ4v) is 2.36. The molecule has 0 fully saturated rings. The van der Waals surface area contributed by atoms with E-state index < -0.39 is 17.5 Å². The molecule has 0 aliphatic heterocycles. The summed E-state index contributed by atoms with van der Waals surface area (Å²) >= 11 is 6.17. The van der Waals surface area contributed by atoms with E-state index in [0.717, 1.165) is 31.0 Å². The lowest BCUT2D eigenvalue weighted by Gasteiger charge is -2.19. The number of rotatable bonds is 6. The SMILES string of the molecule is CCC(CC)C(Cl)CNC(=O)c1cc(F)ccc1F. The molecule has 1 N–H and O–H groups in total. The van der Waals surface area contributed by atoms with Gasteiger partial charge in [0.2, 0.25) is 0 Å². The maximum absolute atomic E-state index is 13.4. The second-order valence-electron chi connectivity index (χ2n) is 4.43. The predicted molar refractivity (Wildman–Crippen MR) is 72.4 cm³/mol. The number of nitrogens with one attached hydrogen (secondary N) is 1. The van der Waals surface area contributed by atoms with Gasteiger partial charge in [-0.25, -0.2) is 8.78 Å². The van der Waals surface area contributed by atoms with Crippen LogP contribution in [-0.4, -0.2) is 17.8 Å². The minimum absolute atomic E-state index is 0.212. The minimum atomic E-state index is -0.743. The molecule has 1 rings (SSSR count). The van der Waals surface area contributed by atoms with Crippen LogP contribution < -0.4 is 5.32 Å². The molecule has 1 aromatic rings. The molecule has 106 valence electrons. The Labute approximate surface area is 117 Å². The third kappa shape index (κ3) is 4.46. The number of carbonyl (C=O) groups excluding carboxylic acids is 1. The van der Waals surface area contributed by atoms with E-state index in [-0.39, 0.29) is 17.5 Å². The molecule has 1 unspecified atom stereocenters. The largest absolute Gasteiger partial charge is 0.350 e. The van der Waals surface area contributed by atoms with Gasteiger partial charge in [0.05, 0.1) is 10.9 Å². The van der Waals surface area contributed by atoms with Crippen molar-refractivity contribution in [2.75, 3.05) is 6.54 Å². The average molecular weight is 290 g/mol. The van der Waals surface area contributed by atoms with Crippen LogP contribution in [0.4, 0.5) is 8.78 Å². The van der Waals surface area contributed by atoms with Crippen LogP contribution in [0.25, 0.3) is 0 Å². The summed E-state index contributed by atoms with van der Waals surface area (Å²) in [6.45, 7) is 4.29. The van der Waals surface area contributed by atoms with Crippen LogP contribution in [0.2, 0.25) is 0 Å². The highest BCUT2D eigenvalue weighted by Crippen LogP contribution is 2.18.